The molecule has 2 heteroatoms. The fourth-order valence-corrected chi connectivity index (χ4v) is 2.10. The zero-order chi connectivity index (χ0) is 13.1. The molecule has 0 amide bonds. The van der Waals surface area contributed by atoms with Crippen LogP contribution in [0.1, 0.15) is 0 Å². The Hall–Kier alpha value is -2.35. The van der Waals surface area contributed by atoms with Crippen molar-refractivity contribution in [1.29, 1.82) is 0 Å². The van der Waals surface area contributed by atoms with Gasteiger partial charge in [-0.2, -0.15) is 0 Å². The summed E-state index contributed by atoms with van der Waals surface area (Å²) in [6.45, 7) is 0. The average Bonchev–Trinajstić information content (AvgIpc) is 2.49. The highest BCUT2D eigenvalue weighted by molar-refractivity contribution is 6.32. The molecule has 2 aromatic carbocycles. The first-order valence-corrected chi connectivity index (χ1v) is 6.41. The van der Waals surface area contributed by atoms with E-state index in [1.165, 1.54) is 16.6 Å². The molecule has 0 radical (unpaired) electrons. The lowest BCUT2D eigenvalue weighted by atomic mass is 9.97. The van der Waals surface area contributed by atoms with Gasteiger partial charge in [-0.15, -0.1) is 0 Å². The Labute approximate surface area is 114 Å². The quantitative estimate of drug-likeness (QED) is 0.630. The summed E-state index contributed by atoms with van der Waals surface area (Å²) in [6.07, 6.45) is 1.90. The van der Waals surface area contributed by atoms with Crippen molar-refractivity contribution in [2.45, 2.75) is 0 Å². The van der Waals surface area contributed by atoms with Gasteiger partial charge in [0.2, 0.25) is 0 Å². The molecular formula is C17H14BN. The molecule has 0 saturated carbocycles. The molecule has 0 unspecified atom stereocenters. The van der Waals surface area contributed by atoms with Crippen LogP contribution in [0.15, 0.2) is 72.9 Å². The average molecular weight is 243 g/mol. The van der Waals surface area contributed by atoms with E-state index < -0.39 is 0 Å². The van der Waals surface area contributed by atoms with Crippen molar-refractivity contribution in [2.24, 2.45) is 0 Å². The predicted octanol–water partition coefficient (Wildman–Crippen LogP) is 2.67. The minimum Gasteiger partial charge on any atom is -0.257 e. The lowest BCUT2D eigenvalue weighted by Gasteiger charge is -2.04. The van der Waals surface area contributed by atoms with Crippen molar-refractivity contribution in [1.82, 2.24) is 4.98 Å². The molecule has 90 valence electrons. The topological polar surface area (TPSA) is 12.9 Å². The van der Waals surface area contributed by atoms with Crippen LogP contribution in [0.5, 0.6) is 0 Å². The molecular weight excluding hydrogens is 229 g/mol. The molecule has 0 saturated heterocycles. The largest absolute Gasteiger partial charge is 0.257 e. The molecule has 0 bridgehead atoms. The van der Waals surface area contributed by atoms with Gasteiger partial charge < -0.3 is 0 Å². The lowest BCUT2D eigenvalue weighted by molar-refractivity contribution is 1.34. The fourth-order valence-electron chi connectivity index (χ4n) is 2.10. The van der Waals surface area contributed by atoms with E-state index in [2.05, 4.69) is 73.5 Å². The van der Waals surface area contributed by atoms with Crippen LogP contribution < -0.4 is 5.46 Å². The smallest absolute Gasteiger partial charge is 0.141 e. The minimum atomic E-state index is 1.02. The van der Waals surface area contributed by atoms with E-state index in [1.807, 2.05) is 12.3 Å². The zero-order valence-electron chi connectivity index (χ0n) is 10.9. The second kappa shape index (κ2) is 5.11. The third-order valence-corrected chi connectivity index (χ3v) is 3.20. The molecule has 1 nitrogen and oxygen atoms in total. The molecule has 0 atom stereocenters. The molecule has 1 aromatic heterocycles. The molecule has 0 fully saturated rings. The van der Waals surface area contributed by atoms with Crippen LogP contribution in [0.3, 0.4) is 0 Å². The number of hydrogen-bond donors (Lipinski definition) is 0. The van der Waals surface area contributed by atoms with Crippen LogP contribution in [0, 0.1) is 0 Å². The van der Waals surface area contributed by atoms with Crippen molar-refractivity contribution in [3.8, 4) is 22.4 Å². The Bertz CT molecular complexity index is 658. The van der Waals surface area contributed by atoms with Gasteiger partial charge in [0, 0.05) is 11.8 Å². The van der Waals surface area contributed by atoms with E-state index in [0.717, 1.165) is 11.3 Å². The van der Waals surface area contributed by atoms with Crippen LogP contribution in [0.25, 0.3) is 22.4 Å². The highest BCUT2D eigenvalue weighted by Crippen LogP contribution is 2.23. The van der Waals surface area contributed by atoms with E-state index in [0.29, 0.717) is 0 Å². The van der Waals surface area contributed by atoms with Gasteiger partial charge in [0.05, 0.1) is 5.69 Å². The van der Waals surface area contributed by atoms with Crippen LogP contribution in [-0.4, -0.2) is 12.8 Å². The molecule has 0 aliphatic carbocycles. The van der Waals surface area contributed by atoms with Gasteiger partial charge in [0.1, 0.15) is 7.85 Å². The third kappa shape index (κ3) is 2.58. The van der Waals surface area contributed by atoms with Crippen molar-refractivity contribution >= 4 is 13.3 Å². The Balaban J connectivity index is 1.93. The van der Waals surface area contributed by atoms with Crippen molar-refractivity contribution < 1.29 is 0 Å². The first kappa shape index (κ1) is 11.7. The predicted molar refractivity (Wildman–Crippen MR) is 83.3 cm³/mol. The molecule has 19 heavy (non-hydrogen) atoms. The summed E-state index contributed by atoms with van der Waals surface area (Å²) < 4.78 is 0. The van der Waals surface area contributed by atoms with Gasteiger partial charge >= 0.3 is 0 Å². The molecule has 0 N–H and O–H groups in total. The summed E-state index contributed by atoms with van der Waals surface area (Å²) in [5, 5.41) is 0. The second-order valence-electron chi connectivity index (χ2n) is 4.66. The summed E-state index contributed by atoms with van der Waals surface area (Å²) in [4.78, 5) is 4.45. The number of rotatable bonds is 2. The Morgan fingerprint density at radius 2 is 1.26 bits per heavy atom. The first-order valence-electron chi connectivity index (χ1n) is 6.41. The van der Waals surface area contributed by atoms with Crippen molar-refractivity contribution in [3.63, 3.8) is 0 Å². The SMILES string of the molecule is Bc1ccc(-c2ccc(-c3ccccc3)cc2)nc1. The van der Waals surface area contributed by atoms with Crippen LogP contribution >= 0.6 is 0 Å². The monoisotopic (exact) mass is 243 g/mol. The highest BCUT2D eigenvalue weighted by Gasteiger charge is 2.00. The third-order valence-electron chi connectivity index (χ3n) is 3.20. The van der Waals surface area contributed by atoms with Gasteiger partial charge in [0.25, 0.3) is 0 Å². The molecule has 0 aliphatic heterocycles. The van der Waals surface area contributed by atoms with E-state index in [1.54, 1.807) is 0 Å². The van der Waals surface area contributed by atoms with Crippen molar-refractivity contribution in [3.05, 3.63) is 72.9 Å². The van der Waals surface area contributed by atoms with Gasteiger partial charge in [-0.3, -0.25) is 4.98 Å². The molecule has 1 heterocycles. The first-order chi connectivity index (χ1) is 9.33. The normalized spacial score (nSPS) is 10.3. The van der Waals surface area contributed by atoms with Gasteiger partial charge in [0.15, 0.2) is 0 Å². The van der Waals surface area contributed by atoms with Gasteiger partial charge in [-0.05, 0) is 17.2 Å². The zero-order valence-corrected chi connectivity index (χ0v) is 10.9. The van der Waals surface area contributed by atoms with Crippen LogP contribution in [-0.2, 0) is 0 Å². The molecule has 0 spiro atoms. The number of aromatic nitrogens is 1. The summed E-state index contributed by atoms with van der Waals surface area (Å²) in [6, 6.07) is 23.1. The maximum absolute atomic E-state index is 4.45. The van der Waals surface area contributed by atoms with Crippen molar-refractivity contribution in [2.75, 3.05) is 0 Å². The maximum Gasteiger partial charge on any atom is 0.141 e. The summed E-state index contributed by atoms with van der Waals surface area (Å²) in [7, 11) is 2.05. The van der Waals surface area contributed by atoms with E-state index in [9.17, 15) is 0 Å². The fraction of sp³-hybridized carbons (Fsp3) is 0. The van der Waals surface area contributed by atoms with Gasteiger partial charge in [-0.1, -0.05) is 66.1 Å². The Morgan fingerprint density at radius 3 is 1.89 bits per heavy atom. The van der Waals surface area contributed by atoms with Crippen LogP contribution in [0.2, 0.25) is 0 Å². The van der Waals surface area contributed by atoms with E-state index in [-0.39, 0.29) is 0 Å². The number of pyridine rings is 1. The summed E-state index contributed by atoms with van der Waals surface area (Å²) >= 11 is 0. The lowest BCUT2D eigenvalue weighted by Crippen LogP contribution is -2.01. The van der Waals surface area contributed by atoms with Crippen LogP contribution in [0.4, 0.5) is 0 Å². The summed E-state index contributed by atoms with van der Waals surface area (Å²) in [5.41, 5.74) is 5.83. The minimum absolute atomic E-state index is 1.02. The Kier molecular flexibility index (Phi) is 3.15. The van der Waals surface area contributed by atoms with Gasteiger partial charge in [-0.25, -0.2) is 0 Å². The Morgan fingerprint density at radius 1 is 0.632 bits per heavy atom. The standard InChI is InChI=1S/C17H14BN/c18-16-10-11-17(19-12-16)15-8-6-14(7-9-15)13-4-2-1-3-5-13/h1-12H,18H2. The number of benzene rings is 2. The van der Waals surface area contributed by atoms with E-state index in [4.69, 9.17) is 0 Å². The highest BCUT2D eigenvalue weighted by atomic mass is 14.7. The molecule has 3 aromatic rings. The second-order valence-corrected chi connectivity index (χ2v) is 4.66. The number of nitrogens with zero attached hydrogens (tertiary/aromatic N) is 1. The maximum atomic E-state index is 4.45. The molecule has 3 rings (SSSR count). The molecule has 0 aliphatic rings. The summed E-state index contributed by atoms with van der Waals surface area (Å²) in [5.74, 6) is 0. The number of hydrogen-bond acceptors (Lipinski definition) is 1. The van der Waals surface area contributed by atoms with E-state index >= 15 is 0 Å².